The van der Waals surface area contributed by atoms with Gasteiger partial charge >= 0.3 is 0 Å². The highest BCUT2D eigenvalue weighted by Crippen LogP contribution is 2.37. The molecule has 0 bridgehead atoms. The van der Waals surface area contributed by atoms with Gasteiger partial charge in [0.25, 0.3) is 0 Å². The number of hydrogen-bond acceptors (Lipinski definition) is 3. The van der Waals surface area contributed by atoms with Gasteiger partial charge in [-0.1, -0.05) is 68.4 Å². The second kappa shape index (κ2) is 6.87. The summed E-state index contributed by atoms with van der Waals surface area (Å²) < 4.78 is 0. The summed E-state index contributed by atoms with van der Waals surface area (Å²) in [7, 11) is 0. The van der Waals surface area contributed by atoms with Crippen LogP contribution in [0.2, 0.25) is 0 Å². The van der Waals surface area contributed by atoms with Gasteiger partial charge in [0.15, 0.2) is 0 Å². The van der Waals surface area contributed by atoms with Crippen molar-refractivity contribution in [2.45, 2.75) is 79.2 Å². The number of aliphatic hydroxyl groups excluding tert-OH is 1. The number of benzene rings is 1. The first-order valence-corrected chi connectivity index (χ1v) is 8.70. The van der Waals surface area contributed by atoms with E-state index in [-0.39, 0.29) is 34.6 Å². The van der Waals surface area contributed by atoms with Crippen molar-refractivity contribution in [3.05, 3.63) is 28.8 Å². The van der Waals surface area contributed by atoms with Gasteiger partial charge in [0.1, 0.15) is 5.75 Å². The van der Waals surface area contributed by atoms with Gasteiger partial charge in [-0.3, -0.25) is 4.99 Å². The number of rotatable bonds is 3. The average molecular weight is 334 g/mol. The molecule has 1 atom stereocenters. The van der Waals surface area contributed by atoms with E-state index in [1.807, 2.05) is 6.07 Å². The van der Waals surface area contributed by atoms with Crippen molar-refractivity contribution in [2.75, 3.05) is 6.61 Å². The van der Waals surface area contributed by atoms with Crippen LogP contribution in [0.5, 0.6) is 5.75 Å². The number of phenols is 1. The molecule has 3 heteroatoms. The molecule has 3 nitrogen and oxygen atoms in total. The van der Waals surface area contributed by atoms with Crippen LogP contribution in [0.1, 0.15) is 79.0 Å². The van der Waals surface area contributed by atoms with Crippen LogP contribution < -0.4 is 0 Å². The lowest BCUT2D eigenvalue weighted by Gasteiger charge is -2.27. The second-order valence-corrected chi connectivity index (χ2v) is 9.80. The molecule has 0 saturated heterocycles. The third-order valence-electron chi connectivity index (χ3n) is 4.38. The monoisotopic (exact) mass is 333 g/mol. The third kappa shape index (κ3) is 5.07. The molecule has 136 valence electrons. The van der Waals surface area contributed by atoms with Crippen molar-refractivity contribution in [3.8, 4) is 5.75 Å². The van der Waals surface area contributed by atoms with Crippen molar-refractivity contribution >= 4 is 6.21 Å². The third-order valence-corrected chi connectivity index (χ3v) is 4.38. The fraction of sp³-hybridized carbons (Fsp3) is 0.667. The van der Waals surface area contributed by atoms with E-state index in [1.54, 1.807) is 6.21 Å². The van der Waals surface area contributed by atoms with Gasteiger partial charge in [-0.05, 0) is 27.9 Å². The largest absolute Gasteiger partial charge is 0.507 e. The summed E-state index contributed by atoms with van der Waals surface area (Å²) in [6.07, 6.45) is 1.71. The Kier molecular flexibility index (Phi) is 5.93. The van der Waals surface area contributed by atoms with Crippen LogP contribution in [0.25, 0.3) is 0 Å². The molecule has 0 aliphatic rings. The molecular weight excluding hydrogens is 298 g/mol. The minimum Gasteiger partial charge on any atom is -0.507 e. The van der Waals surface area contributed by atoms with E-state index in [2.05, 4.69) is 73.4 Å². The molecule has 1 aromatic carbocycles. The van der Waals surface area contributed by atoms with Crippen LogP contribution in [-0.4, -0.2) is 29.1 Å². The van der Waals surface area contributed by atoms with Crippen molar-refractivity contribution < 1.29 is 10.2 Å². The van der Waals surface area contributed by atoms with E-state index in [4.69, 9.17) is 0 Å². The number of phenolic OH excluding ortho intramolecular Hbond substituents is 1. The Morgan fingerprint density at radius 2 is 1.50 bits per heavy atom. The molecule has 0 radical (unpaired) electrons. The molecule has 0 aliphatic carbocycles. The topological polar surface area (TPSA) is 52.8 Å². The van der Waals surface area contributed by atoms with E-state index >= 15 is 0 Å². The second-order valence-electron chi connectivity index (χ2n) is 9.80. The van der Waals surface area contributed by atoms with Crippen molar-refractivity contribution in [3.63, 3.8) is 0 Å². The van der Waals surface area contributed by atoms with Crippen LogP contribution >= 0.6 is 0 Å². The van der Waals surface area contributed by atoms with E-state index in [1.165, 1.54) is 5.56 Å². The van der Waals surface area contributed by atoms with E-state index in [9.17, 15) is 10.2 Å². The molecule has 0 spiro atoms. The molecule has 0 unspecified atom stereocenters. The molecule has 1 aromatic rings. The average Bonchev–Trinajstić information content (AvgIpc) is 2.36. The van der Waals surface area contributed by atoms with Gasteiger partial charge in [0, 0.05) is 17.3 Å². The van der Waals surface area contributed by atoms with Crippen LogP contribution in [0.15, 0.2) is 17.1 Å². The lowest BCUT2D eigenvalue weighted by Crippen LogP contribution is -2.28. The standard InChI is InChI=1S/C21H35NO2/c1-19(2,3)15-10-14(12-22-17(13-23)21(7,8)9)18(24)16(11-15)20(4,5)6/h10-12,17,23-24H,13H2,1-9H3/b22-12+/t17-/m1/s1. The zero-order chi connectivity index (χ0) is 18.9. The predicted octanol–water partition coefficient (Wildman–Crippen LogP) is 4.81. The highest BCUT2D eigenvalue weighted by molar-refractivity contribution is 5.85. The summed E-state index contributed by atoms with van der Waals surface area (Å²) in [5.74, 6) is 0.282. The Balaban J connectivity index is 3.47. The fourth-order valence-corrected chi connectivity index (χ4v) is 2.47. The minimum absolute atomic E-state index is 0.00808. The minimum atomic E-state index is -0.201. The molecule has 0 amide bonds. The molecule has 0 aliphatic heterocycles. The van der Waals surface area contributed by atoms with E-state index in [0.29, 0.717) is 0 Å². The lowest BCUT2D eigenvalue weighted by atomic mass is 9.79. The first-order chi connectivity index (χ1) is 10.7. The maximum Gasteiger partial charge on any atom is 0.128 e. The normalized spacial score (nSPS) is 15.1. The van der Waals surface area contributed by atoms with Crippen molar-refractivity contribution in [2.24, 2.45) is 10.4 Å². The molecule has 2 N–H and O–H groups in total. The smallest absolute Gasteiger partial charge is 0.128 e. The van der Waals surface area contributed by atoms with Gasteiger partial charge in [0.2, 0.25) is 0 Å². The number of nitrogens with zero attached hydrogens (tertiary/aromatic N) is 1. The van der Waals surface area contributed by atoms with Gasteiger partial charge in [0.05, 0.1) is 12.6 Å². The number of aromatic hydroxyl groups is 1. The molecule has 0 fully saturated rings. The summed E-state index contributed by atoms with van der Waals surface area (Å²) in [5, 5.41) is 20.3. The Labute approximate surface area is 147 Å². The molecule has 0 saturated carbocycles. The Bertz CT molecular complexity index is 596. The summed E-state index contributed by atoms with van der Waals surface area (Å²) in [5.41, 5.74) is 2.51. The lowest BCUT2D eigenvalue weighted by molar-refractivity contribution is 0.191. The van der Waals surface area contributed by atoms with Gasteiger partial charge in [-0.25, -0.2) is 0 Å². The first kappa shape index (κ1) is 20.7. The van der Waals surface area contributed by atoms with Crippen LogP contribution in [0, 0.1) is 5.41 Å². The van der Waals surface area contributed by atoms with E-state index in [0.717, 1.165) is 11.1 Å². The predicted molar refractivity (Wildman–Crippen MR) is 103 cm³/mol. The molecule has 1 rings (SSSR count). The fourth-order valence-electron chi connectivity index (χ4n) is 2.47. The maximum atomic E-state index is 10.7. The summed E-state index contributed by atoms with van der Waals surface area (Å²) in [6, 6.07) is 3.90. The van der Waals surface area contributed by atoms with Crippen LogP contribution in [0.4, 0.5) is 0 Å². The van der Waals surface area contributed by atoms with Gasteiger partial charge in [-0.15, -0.1) is 0 Å². The SMILES string of the molecule is CC(C)(C)c1cc(/C=N/[C@H](CO)C(C)(C)C)c(O)c(C(C)(C)C)c1. The quantitative estimate of drug-likeness (QED) is 0.780. The zero-order valence-corrected chi connectivity index (χ0v) is 16.9. The Morgan fingerprint density at radius 3 is 1.88 bits per heavy atom. The Hall–Kier alpha value is -1.35. The molecule has 0 aromatic heterocycles. The zero-order valence-electron chi connectivity index (χ0n) is 16.9. The molecule has 24 heavy (non-hydrogen) atoms. The van der Waals surface area contributed by atoms with Gasteiger partial charge < -0.3 is 10.2 Å². The summed E-state index contributed by atoms with van der Waals surface area (Å²) in [6.45, 7) is 18.9. The maximum absolute atomic E-state index is 10.7. The van der Waals surface area contributed by atoms with Crippen molar-refractivity contribution in [1.29, 1.82) is 0 Å². The highest BCUT2D eigenvalue weighted by Gasteiger charge is 2.26. The molecule has 0 heterocycles. The Morgan fingerprint density at radius 1 is 0.958 bits per heavy atom. The highest BCUT2D eigenvalue weighted by atomic mass is 16.3. The summed E-state index contributed by atoms with van der Waals surface area (Å²) in [4.78, 5) is 4.56. The van der Waals surface area contributed by atoms with E-state index < -0.39 is 0 Å². The number of aliphatic imine (C=N–C) groups is 1. The number of aliphatic hydroxyl groups is 1. The van der Waals surface area contributed by atoms with Gasteiger partial charge in [-0.2, -0.15) is 0 Å². The molecular formula is C21H35NO2. The number of hydrogen-bond donors (Lipinski definition) is 2. The summed E-state index contributed by atoms with van der Waals surface area (Å²) >= 11 is 0. The first-order valence-electron chi connectivity index (χ1n) is 8.70. The van der Waals surface area contributed by atoms with Crippen LogP contribution in [0.3, 0.4) is 0 Å². The van der Waals surface area contributed by atoms with Crippen molar-refractivity contribution in [1.82, 2.24) is 0 Å². The van der Waals surface area contributed by atoms with Crippen LogP contribution in [-0.2, 0) is 10.8 Å².